The summed E-state index contributed by atoms with van der Waals surface area (Å²) in [4.78, 5) is 11.8. The van der Waals surface area contributed by atoms with Crippen molar-refractivity contribution < 1.29 is 4.79 Å². The number of carbonyl (C=O) groups is 1. The number of benzene rings is 1. The first-order chi connectivity index (χ1) is 8.60. The SMILES string of the molecule is CC(C)NC(=O)Cn1ccc2ccc(CN)cc21. The minimum Gasteiger partial charge on any atom is -0.352 e. The van der Waals surface area contributed by atoms with Crippen molar-refractivity contribution in [3.8, 4) is 0 Å². The maximum Gasteiger partial charge on any atom is 0.240 e. The number of fused-ring (bicyclic) bond motifs is 1. The molecule has 0 spiro atoms. The van der Waals surface area contributed by atoms with Crippen LogP contribution in [0.5, 0.6) is 0 Å². The van der Waals surface area contributed by atoms with Crippen molar-refractivity contribution in [2.75, 3.05) is 0 Å². The van der Waals surface area contributed by atoms with Crippen LogP contribution < -0.4 is 11.1 Å². The first kappa shape index (κ1) is 12.6. The van der Waals surface area contributed by atoms with E-state index in [2.05, 4.69) is 5.32 Å². The van der Waals surface area contributed by atoms with Crippen LogP contribution in [0.3, 0.4) is 0 Å². The number of rotatable bonds is 4. The summed E-state index contributed by atoms with van der Waals surface area (Å²) in [5.74, 6) is 0.0284. The van der Waals surface area contributed by atoms with Crippen molar-refractivity contribution in [3.63, 3.8) is 0 Å². The summed E-state index contributed by atoms with van der Waals surface area (Å²) in [6.07, 6.45) is 1.94. The predicted molar refractivity (Wildman–Crippen MR) is 73.1 cm³/mol. The van der Waals surface area contributed by atoms with E-state index in [4.69, 9.17) is 5.73 Å². The summed E-state index contributed by atoms with van der Waals surface area (Å²) in [6.45, 7) is 4.77. The molecule has 1 heterocycles. The lowest BCUT2D eigenvalue weighted by Crippen LogP contribution is -2.32. The minimum absolute atomic E-state index is 0.0284. The zero-order valence-corrected chi connectivity index (χ0v) is 10.8. The lowest BCUT2D eigenvalue weighted by molar-refractivity contribution is -0.122. The molecule has 1 amide bonds. The quantitative estimate of drug-likeness (QED) is 0.860. The van der Waals surface area contributed by atoms with Crippen LogP contribution in [-0.4, -0.2) is 16.5 Å². The summed E-state index contributed by atoms with van der Waals surface area (Å²) < 4.78 is 1.95. The second-order valence-corrected chi connectivity index (χ2v) is 4.76. The molecule has 1 aromatic carbocycles. The topological polar surface area (TPSA) is 60.0 Å². The molecule has 4 heteroatoms. The van der Waals surface area contributed by atoms with Crippen molar-refractivity contribution in [3.05, 3.63) is 36.0 Å². The molecule has 0 radical (unpaired) electrons. The molecule has 0 bridgehead atoms. The Hall–Kier alpha value is -1.81. The van der Waals surface area contributed by atoms with Gasteiger partial charge in [-0.3, -0.25) is 4.79 Å². The van der Waals surface area contributed by atoms with Crippen molar-refractivity contribution >= 4 is 16.8 Å². The zero-order chi connectivity index (χ0) is 13.1. The zero-order valence-electron chi connectivity index (χ0n) is 10.8. The molecule has 0 saturated carbocycles. The van der Waals surface area contributed by atoms with Crippen molar-refractivity contribution in [2.24, 2.45) is 5.73 Å². The summed E-state index contributed by atoms with van der Waals surface area (Å²) in [7, 11) is 0. The highest BCUT2D eigenvalue weighted by molar-refractivity contribution is 5.83. The number of nitrogens with zero attached hydrogens (tertiary/aromatic N) is 1. The number of hydrogen-bond acceptors (Lipinski definition) is 2. The van der Waals surface area contributed by atoms with Gasteiger partial charge in [-0.25, -0.2) is 0 Å². The van der Waals surface area contributed by atoms with Gasteiger partial charge in [0.05, 0.1) is 0 Å². The second kappa shape index (κ2) is 5.23. The molecular formula is C14H19N3O. The Morgan fingerprint density at radius 3 is 2.83 bits per heavy atom. The van der Waals surface area contributed by atoms with Crippen LogP contribution in [0, 0.1) is 0 Å². The Labute approximate surface area is 107 Å². The number of hydrogen-bond donors (Lipinski definition) is 2. The smallest absolute Gasteiger partial charge is 0.240 e. The average Bonchev–Trinajstić information content (AvgIpc) is 2.70. The van der Waals surface area contributed by atoms with Crippen LogP contribution in [0.2, 0.25) is 0 Å². The van der Waals surface area contributed by atoms with Crippen LogP contribution in [0.25, 0.3) is 10.9 Å². The first-order valence-corrected chi connectivity index (χ1v) is 6.17. The fourth-order valence-corrected chi connectivity index (χ4v) is 2.02. The van der Waals surface area contributed by atoms with E-state index in [1.807, 2.05) is 48.9 Å². The van der Waals surface area contributed by atoms with Gasteiger partial charge in [0.1, 0.15) is 6.54 Å². The molecule has 0 unspecified atom stereocenters. The molecule has 18 heavy (non-hydrogen) atoms. The monoisotopic (exact) mass is 245 g/mol. The summed E-state index contributed by atoms with van der Waals surface area (Å²) in [5.41, 5.74) is 7.77. The molecule has 3 N–H and O–H groups in total. The van der Waals surface area contributed by atoms with E-state index in [1.165, 1.54) is 0 Å². The van der Waals surface area contributed by atoms with Gasteiger partial charge in [0.2, 0.25) is 5.91 Å². The van der Waals surface area contributed by atoms with Crippen molar-refractivity contribution in [1.82, 2.24) is 9.88 Å². The Bertz CT molecular complexity index is 557. The molecule has 2 aromatic rings. The Morgan fingerprint density at radius 1 is 1.39 bits per heavy atom. The molecule has 0 fully saturated rings. The molecule has 1 aromatic heterocycles. The number of nitrogens with two attached hydrogens (primary N) is 1. The van der Waals surface area contributed by atoms with E-state index >= 15 is 0 Å². The first-order valence-electron chi connectivity index (χ1n) is 6.17. The van der Waals surface area contributed by atoms with Gasteiger partial charge in [-0.2, -0.15) is 0 Å². The van der Waals surface area contributed by atoms with E-state index in [0.717, 1.165) is 16.5 Å². The third-order valence-electron chi connectivity index (χ3n) is 2.84. The van der Waals surface area contributed by atoms with Gasteiger partial charge in [0.15, 0.2) is 0 Å². The van der Waals surface area contributed by atoms with Crippen LogP contribution >= 0.6 is 0 Å². The van der Waals surface area contributed by atoms with Crippen molar-refractivity contribution in [1.29, 1.82) is 0 Å². The Balaban J connectivity index is 2.25. The van der Waals surface area contributed by atoms with Gasteiger partial charge >= 0.3 is 0 Å². The van der Waals surface area contributed by atoms with Gasteiger partial charge in [-0.05, 0) is 36.9 Å². The Morgan fingerprint density at radius 2 is 2.17 bits per heavy atom. The average molecular weight is 245 g/mol. The molecule has 0 aliphatic carbocycles. The normalized spacial score (nSPS) is 11.1. The third kappa shape index (κ3) is 2.71. The van der Waals surface area contributed by atoms with E-state index in [9.17, 15) is 4.79 Å². The van der Waals surface area contributed by atoms with Gasteiger partial charge in [-0.15, -0.1) is 0 Å². The molecule has 2 rings (SSSR count). The van der Waals surface area contributed by atoms with Crippen LogP contribution in [0.4, 0.5) is 0 Å². The Kier molecular flexibility index (Phi) is 3.67. The standard InChI is InChI=1S/C14H19N3O/c1-10(2)16-14(18)9-17-6-5-12-4-3-11(8-15)7-13(12)17/h3-7,10H,8-9,15H2,1-2H3,(H,16,18). The molecule has 0 atom stereocenters. The highest BCUT2D eigenvalue weighted by Gasteiger charge is 2.07. The third-order valence-corrected chi connectivity index (χ3v) is 2.84. The molecular weight excluding hydrogens is 226 g/mol. The molecule has 0 aliphatic rings. The second-order valence-electron chi connectivity index (χ2n) is 4.76. The maximum absolute atomic E-state index is 11.8. The van der Waals surface area contributed by atoms with E-state index in [-0.39, 0.29) is 11.9 Å². The highest BCUT2D eigenvalue weighted by Crippen LogP contribution is 2.17. The largest absolute Gasteiger partial charge is 0.352 e. The highest BCUT2D eigenvalue weighted by atomic mass is 16.2. The summed E-state index contributed by atoms with van der Waals surface area (Å²) >= 11 is 0. The van der Waals surface area contributed by atoms with Gasteiger partial charge in [-0.1, -0.05) is 12.1 Å². The van der Waals surface area contributed by atoms with Crippen LogP contribution in [0.15, 0.2) is 30.5 Å². The lowest BCUT2D eigenvalue weighted by atomic mass is 10.1. The van der Waals surface area contributed by atoms with E-state index < -0.39 is 0 Å². The molecule has 0 aliphatic heterocycles. The number of aromatic nitrogens is 1. The number of nitrogens with one attached hydrogen (secondary N) is 1. The van der Waals surface area contributed by atoms with Crippen LogP contribution in [-0.2, 0) is 17.9 Å². The van der Waals surface area contributed by atoms with Gasteiger partial charge < -0.3 is 15.6 Å². The maximum atomic E-state index is 11.8. The fraction of sp³-hybridized carbons (Fsp3) is 0.357. The van der Waals surface area contributed by atoms with Crippen LogP contribution in [0.1, 0.15) is 19.4 Å². The fourth-order valence-electron chi connectivity index (χ4n) is 2.02. The van der Waals surface area contributed by atoms with E-state index in [0.29, 0.717) is 13.1 Å². The lowest BCUT2D eigenvalue weighted by Gasteiger charge is -2.10. The number of carbonyl (C=O) groups excluding carboxylic acids is 1. The molecule has 0 saturated heterocycles. The van der Waals surface area contributed by atoms with Crippen molar-refractivity contribution in [2.45, 2.75) is 33.0 Å². The molecule has 96 valence electrons. The van der Waals surface area contributed by atoms with Gasteiger partial charge in [0.25, 0.3) is 0 Å². The summed E-state index contributed by atoms with van der Waals surface area (Å²) in [6, 6.07) is 8.27. The minimum atomic E-state index is 0.0284. The predicted octanol–water partition coefficient (Wildman–Crippen LogP) is 1.62. The number of amides is 1. The molecule has 4 nitrogen and oxygen atoms in total. The summed E-state index contributed by atoms with van der Waals surface area (Å²) in [5, 5.41) is 4.02. The van der Waals surface area contributed by atoms with E-state index in [1.54, 1.807) is 0 Å². The van der Waals surface area contributed by atoms with Gasteiger partial charge in [0, 0.05) is 24.3 Å².